The summed E-state index contributed by atoms with van der Waals surface area (Å²) < 4.78 is 3.23. The van der Waals surface area contributed by atoms with E-state index in [2.05, 4.69) is 10.4 Å². The van der Waals surface area contributed by atoms with Gasteiger partial charge in [0.25, 0.3) is 5.56 Å². The Morgan fingerprint density at radius 3 is 2.90 bits per heavy atom. The van der Waals surface area contributed by atoms with Gasteiger partial charge in [-0.15, -0.1) is 0 Å². The highest BCUT2D eigenvalue weighted by Crippen LogP contribution is 2.18. The minimum absolute atomic E-state index is 0.0270. The van der Waals surface area contributed by atoms with Crippen molar-refractivity contribution in [3.8, 4) is 0 Å². The second kappa shape index (κ2) is 5.38. The molecule has 0 atom stereocenters. The quantitative estimate of drug-likeness (QED) is 0.852. The zero-order valence-corrected chi connectivity index (χ0v) is 11.6. The molecule has 1 fully saturated rings. The van der Waals surface area contributed by atoms with Crippen LogP contribution in [0.4, 0.5) is 0 Å². The summed E-state index contributed by atoms with van der Waals surface area (Å²) in [6.07, 6.45) is 5.28. The van der Waals surface area contributed by atoms with E-state index in [0.717, 1.165) is 31.5 Å². The van der Waals surface area contributed by atoms with Crippen LogP contribution < -0.4 is 10.9 Å². The third-order valence-electron chi connectivity index (χ3n) is 4.11. The molecule has 0 amide bonds. The molecule has 2 aromatic rings. The summed E-state index contributed by atoms with van der Waals surface area (Å²) in [6.45, 7) is 0.570. The maximum absolute atomic E-state index is 12.1. The van der Waals surface area contributed by atoms with Crippen LogP contribution >= 0.6 is 0 Å². The highest BCUT2D eigenvalue weighted by atomic mass is 16.3. The summed E-state index contributed by atoms with van der Waals surface area (Å²) in [6, 6.07) is 3.99. The molecule has 108 valence electrons. The van der Waals surface area contributed by atoms with Gasteiger partial charge in [-0.05, 0) is 37.8 Å². The summed E-state index contributed by atoms with van der Waals surface area (Å²) in [4.78, 5) is 12.1. The average Bonchev–Trinajstić information content (AvgIpc) is 2.91. The Balaban J connectivity index is 1.74. The van der Waals surface area contributed by atoms with E-state index in [4.69, 9.17) is 0 Å². The van der Waals surface area contributed by atoms with Crippen molar-refractivity contribution in [2.45, 2.75) is 44.4 Å². The molecule has 0 unspecified atom stereocenters. The molecule has 0 bridgehead atoms. The van der Waals surface area contributed by atoms with Crippen molar-refractivity contribution in [2.24, 2.45) is 7.05 Å². The molecular weight excluding hydrogens is 256 g/mol. The lowest BCUT2D eigenvalue weighted by Crippen LogP contribution is -2.36. The van der Waals surface area contributed by atoms with Gasteiger partial charge >= 0.3 is 0 Å². The Hall–Kier alpha value is -1.66. The van der Waals surface area contributed by atoms with Gasteiger partial charge in [-0.1, -0.05) is 0 Å². The molecule has 0 radical (unpaired) electrons. The molecule has 2 heterocycles. The summed E-state index contributed by atoms with van der Waals surface area (Å²) in [7, 11) is 1.75. The highest BCUT2D eigenvalue weighted by Gasteiger charge is 2.19. The minimum atomic E-state index is -0.147. The number of aromatic nitrogens is 3. The molecule has 3 rings (SSSR count). The summed E-state index contributed by atoms with van der Waals surface area (Å²) in [5.74, 6) is 0.727. The van der Waals surface area contributed by atoms with Crippen LogP contribution in [0.15, 0.2) is 23.1 Å². The van der Waals surface area contributed by atoms with E-state index in [-0.39, 0.29) is 11.7 Å². The maximum Gasteiger partial charge on any atom is 0.277 e. The summed E-state index contributed by atoms with van der Waals surface area (Å²) in [5, 5.41) is 17.4. The van der Waals surface area contributed by atoms with E-state index in [1.54, 1.807) is 28.4 Å². The lowest BCUT2D eigenvalue weighted by molar-refractivity contribution is 0.116. The van der Waals surface area contributed by atoms with E-state index < -0.39 is 0 Å². The third kappa shape index (κ3) is 2.48. The number of nitrogens with one attached hydrogen (secondary N) is 1. The highest BCUT2D eigenvalue weighted by molar-refractivity contribution is 5.43. The van der Waals surface area contributed by atoms with Crippen LogP contribution in [0.5, 0.6) is 0 Å². The van der Waals surface area contributed by atoms with Crippen LogP contribution in [0, 0.1) is 0 Å². The van der Waals surface area contributed by atoms with E-state index in [9.17, 15) is 9.90 Å². The number of aliphatic hydroxyl groups excluding tert-OH is 1. The smallest absolute Gasteiger partial charge is 0.277 e. The maximum atomic E-state index is 12.1. The first-order valence-corrected chi connectivity index (χ1v) is 7.10. The van der Waals surface area contributed by atoms with Gasteiger partial charge in [0.1, 0.15) is 11.3 Å². The zero-order chi connectivity index (χ0) is 14.1. The number of nitrogens with zero attached hydrogens (tertiary/aromatic N) is 3. The van der Waals surface area contributed by atoms with Gasteiger partial charge in [0, 0.05) is 19.3 Å². The zero-order valence-electron chi connectivity index (χ0n) is 11.6. The molecule has 0 spiro atoms. The molecule has 1 aliphatic rings. The lowest BCUT2D eigenvalue weighted by Gasteiger charge is -2.26. The fraction of sp³-hybridized carbons (Fsp3) is 0.571. The Labute approximate surface area is 117 Å². The van der Waals surface area contributed by atoms with Crippen LogP contribution in [0.25, 0.3) is 5.52 Å². The Kier molecular flexibility index (Phi) is 3.58. The molecule has 2 N–H and O–H groups in total. The van der Waals surface area contributed by atoms with Crippen molar-refractivity contribution in [1.82, 2.24) is 19.5 Å². The van der Waals surface area contributed by atoms with Crippen molar-refractivity contribution in [3.05, 3.63) is 34.5 Å². The molecule has 2 aromatic heterocycles. The van der Waals surface area contributed by atoms with E-state index in [1.807, 2.05) is 6.07 Å². The molecule has 1 saturated carbocycles. The number of hydrogen-bond acceptors (Lipinski definition) is 4. The van der Waals surface area contributed by atoms with Gasteiger partial charge in [-0.2, -0.15) is 5.10 Å². The fourth-order valence-electron chi connectivity index (χ4n) is 2.78. The van der Waals surface area contributed by atoms with E-state index in [0.29, 0.717) is 18.1 Å². The van der Waals surface area contributed by atoms with E-state index in [1.165, 1.54) is 0 Å². The molecular formula is C14H20N4O2. The van der Waals surface area contributed by atoms with Crippen LogP contribution in [-0.4, -0.2) is 31.4 Å². The molecule has 0 aromatic carbocycles. The van der Waals surface area contributed by atoms with Crippen molar-refractivity contribution in [3.63, 3.8) is 0 Å². The first-order chi connectivity index (χ1) is 9.65. The molecule has 6 nitrogen and oxygen atoms in total. The number of fused-ring (bicyclic) bond motifs is 1. The predicted molar refractivity (Wildman–Crippen MR) is 75.5 cm³/mol. The van der Waals surface area contributed by atoms with Crippen LogP contribution in [0.2, 0.25) is 0 Å². The molecule has 0 saturated heterocycles. The number of rotatable bonds is 3. The predicted octanol–water partition coefficient (Wildman–Crippen LogP) is 0.426. The van der Waals surface area contributed by atoms with Crippen molar-refractivity contribution in [1.29, 1.82) is 0 Å². The van der Waals surface area contributed by atoms with Crippen LogP contribution in [0.1, 0.15) is 31.5 Å². The molecule has 6 heteroatoms. The summed E-state index contributed by atoms with van der Waals surface area (Å²) in [5.41, 5.74) is 0.568. The molecule has 1 aliphatic carbocycles. The number of hydrogen-bond donors (Lipinski definition) is 2. The normalized spacial score (nSPS) is 23.3. The molecule has 20 heavy (non-hydrogen) atoms. The molecule has 0 aliphatic heterocycles. The minimum Gasteiger partial charge on any atom is -0.393 e. The van der Waals surface area contributed by atoms with Crippen molar-refractivity contribution < 1.29 is 5.11 Å². The van der Waals surface area contributed by atoms with Crippen LogP contribution in [-0.2, 0) is 13.6 Å². The van der Waals surface area contributed by atoms with Gasteiger partial charge in [0.15, 0.2) is 0 Å². The Morgan fingerprint density at radius 2 is 2.15 bits per heavy atom. The Bertz CT molecular complexity index is 653. The van der Waals surface area contributed by atoms with E-state index >= 15 is 0 Å². The topological polar surface area (TPSA) is 71.6 Å². The third-order valence-corrected chi connectivity index (χ3v) is 4.11. The van der Waals surface area contributed by atoms with Crippen LogP contribution in [0.3, 0.4) is 0 Å². The van der Waals surface area contributed by atoms with Gasteiger partial charge in [0.2, 0.25) is 0 Å². The first-order valence-electron chi connectivity index (χ1n) is 7.10. The second-order valence-electron chi connectivity index (χ2n) is 5.50. The van der Waals surface area contributed by atoms with Crippen molar-refractivity contribution >= 4 is 5.52 Å². The average molecular weight is 276 g/mol. The van der Waals surface area contributed by atoms with Crippen molar-refractivity contribution in [2.75, 3.05) is 0 Å². The monoisotopic (exact) mass is 276 g/mol. The Morgan fingerprint density at radius 1 is 1.40 bits per heavy atom. The lowest BCUT2D eigenvalue weighted by atomic mass is 9.93. The largest absolute Gasteiger partial charge is 0.393 e. The number of aliphatic hydroxyl groups is 1. The summed E-state index contributed by atoms with van der Waals surface area (Å²) >= 11 is 0. The standard InChI is InChI=1S/C14H20N4O2/c1-17-13(9-15-10-4-6-11(19)7-5-10)16-18-8-2-3-12(18)14(17)20/h2-3,8,10-11,15,19H,4-7,9H2,1H3. The van der Waals surface area contributed by atoms with Gasteiger partial charge < -0.3 is 10.4 Å². The first kappa shape index (κ1) is 13.3. The van der Waals surface area contributed by atoms with Gasteiger partial charge in [-0.25, -0.2) is 4.52 Å². The SMILES string of the molecule is Cn1c(CNC2CCC(O)CC2)nn2cccc2c1=O. The van der Waals surface area contributed by atoms with Gasteiger partial charge in [-0.3, -0.25) is 9.36 Å². The fourth-order valence-corrected chi connectivity index (χ4v) is 2.78. The second-order valence-corrected chi connectivity index (χ2v) is 5.50. The van der Waals surface area contributed by atoms with Gasteiger partial charge in [0.05, 0.1) is 12.6 Å².